The Labute approximate surface area is 221 Å². The topological polar surface area (TPSA) is 119 Å². The molecule has 4 rings (SSSR count). The van der Waals surface area contributed by atoms with Crippen LogP contribution in [0.15, 0.2) is 60.7 Å². The Balaban J connectivity index is 1.46. The largest absolute Gasteiger partial charge is 0.464 e. The van der Waals surface area contributed by atoms with Crippen LogP contribution in [0.1, 0.15) is 44.7 Å². The van der Waals surface area contributed by atoms with Gasteiger partial charge in [-0.25, -0.2) is 0 Å². The minimum absolute atomic E-state index is 0.0147. The Hall–Kier alpha value is -4.01. The molecule has 2 amide bonds. The summed E-state index contributed by atoms with van der Waals surface area (Å²) in [6.07, 6.45) is 0. The van der Waals surface area contributed by atoms with E-state index in [0.717, 1.165) is 5.56 Å². The molecule has 9 heteroatoms. The summed E-state index contributed by atoms with van der Waals surface area (Å²) in [6.45, 7) is 6.68. The van der Waals surface area contributed by atoms with Gasteiger partial charge in [0, 0.05) is 6.54 Å². The molecule has 9 nitrogen and oxygen atoms in total. The second-order valence-corrected chi connectivity index (χ2v) is 11.1. The van der Waals surface area contributed by atoms with Gasteiger partial charge in [-0.15, -0.1) is 0 Å². The van der Waals surface area contributed by atoms with Crippen LogP contribution >= 0.6 is 0 Å². The summed E-state index contributed by atoms with van der Waals surface area (Å²) >= 11 is 0. The molecule has 2 aliphatic rings. The second-order valence-electron chi connectivity index (χ2n) is 11.1. The molecule has 2 heterocycles. The van der Waals surface area contributed by atoms with Crippen molar-refractivity contribution in [1.82, 2.24) is 10.2 Å². The molecule has 2 aliphatic heterocycles. The van der Waals surface area contributed by atoms with E-state index in [9.17, 15) is 24.0 Å². The lowest BCUT2D eigenvalue weighted by Gasteiger charge is -2.41. The lowest BCUT2D eigenvalue weighted by Crippen LogP contribution is -2.70. The molecule has 200 valence electrons. The van der Waals surface area contributed by atoms with Crippen molar-refractivity contribution in [3.05, 3.63) is 71.8 Å². The van der Waals surface area contributed by atoms with Crippen molar-refractivity contribution in [3.63, 3.8) is 0 Å². The van der Waals surface area contributed by atoms with Crippen molar-refractivity contribution in [1.29, 1.82) is 0 Å². The first kappa shape index (κ1) is 27.0. The molecule has 38 heavy (non-hydrogen) atoms. The molecule has 4 atom stereocenters. The highest BCUT2D eigenvalue weighted by molar-refractivity contribution is 6.11. The first-order chi connectivity index (χ1) is 17.9. The SMILES string of the molecule is CC(C)(C)C(=O)OCC1(C)CN2C(=O)C(NC(=O)C(C(=O)OCc3ccccc3)c3ccccc3)[C@H]2C1=O. The number of ketones is 1. The Morgan fingerprint density at radius 3 is 2.21 bits per heavy atom. The van der Waals surface area contributed by atoms with E-state index in [1.54, 1.807) is 70.2 Å². The van der Waals surface area contributed by atoms with Crippen LogP contribution in [-0.2, 0) is 40.1 Å². The van der Waals surface area contributed by atoms with Gasteiger partial charge in [0.05, 0.1) is 10.8 Å². The van der Waals surface area contributed by atoms with Crippen LogP contribution in [0.5, 0.6) is 0 Å². The summed E-state index contributed by atoms with van der Waals surface area (Å²) in [5.74, 6) is -3.99. The van der Waals surface area contributed by atoms with Crippen LogP contribution in [0, 0.1) is 10.8 Å². The number of nitrogens with one attached hydrogen (secondary N) is 1. The van der Waals surface area contributed by atoms with Crippen LogP contribution in [0.25, 0.3) is 0 Å². The highest BCUT2D eigenvalue weighted by atomic mass is 16.5. The van der Waals surface area contributed by atoms with Crippen molar-refractivity contribution in [2.75, 3.05) is 13.2 Å². The van der Waals surface area contributed by atoms with Gasteiger partial charge in [-0.3, -0.25) is 24.0 Å². The van der Waals surface area contributed by atoms with Crippen molar-refractivity contribution < 1.29 is 33.4 Å². The average Bonchev–Trinajstić information content (AvgIpc) is 3.13. The summed E-state index contributed by atoms with van der Waals surface area (Å²) in [4.78, 5) is 66.2. The molecule has 0 aliphatic carbocycles. The van der Waals surface area contributed by atoms with Crippen LogP contribution < -0.4 is 5.32 Å². The molecule has 3 unspecified atom stereocenters. The maximum atomic E-state index is 13.4. The van der Waals surface area contributed by atoms with Gasteiger partial charge < -0.3 is 19.7 Å². The fourth-order valence-corrected chi connectivity index (χ4v) is 4.62. The Morgan fingerprint density at radius 1 is 1.00 bits per heavy atom. The molecule has 0 radical (unpaired) electrons. The lowest BCUT2D eigenvalue weighted by molar-refractivity contribution is -0.157. The van der Waals surface area contributed by atoms with E-state index in [1.165, 1.54) is 4.90 Å². The third-order valence-corrected chi connectivity index (χ3v) is 6.87. The van der Waals surface area contributed by atoms with Gasteiger partial charge >= 0.3 is 11.9 Å². The first-order valence-electron chi connectivity index (χ1n) is 12.5. The van der Waals surface area contributed by atoms with Crippen molar-refractivity contribution >= 4 is 29.5 Å². The molecule has 0 spiro atoms. The lowest BCUT2D eigenvalue weighted by atomic mass is 9.84. The molecule has 2 fully saturated rings. The van der Waals surface area contributed by atoms with Gasteiger partial charge in [0.1, 0.15) is 25.3 Å². The molecule has 2 aromatic rings. The summed E-state index contributed by atoms with van der Waals surface area (Å²) in [5, 5.41) is 2.61. The number of Topliss-reactive ketones (excluding diaryl/α,β-unsaturated/α-hetero) is 1. The molecule has 1 N–H and O–H groups in total. The quantitative estimate of drug-likeness (QED) is 0.322. The van der Waals surface area contributed by atoms with Gasteiger partial charge in [-0.2, -0.15) is 0 Å². The van der Waals surface area contributed by atoms with Gasteiger partial charge in [0.15, 0.2) is 11.7 Å². The van der Waals surface area contributed by atoms with Gasteiger partial charge in [0.2, 0.25) is 11.8 Å². The standard InChI is InChI=1S/C29H32N2O7/c1-28(2,3)27(36)38-17-29(4)16-31-22(23(29)32)21(25(31)34)30-24(33)20(19-13-9-6-10-14-19)26(35)37-15-18-11-7-5-8-12-18/h5-14,20-22H,15-17H2,1-4H3,(H,30,33)/t20?,21?,22-,29?/m0/s1. The maximum Gasteiger partial charge on any atom is 0.323 e. The summed E-state index contributed by atoms with van der Waals surface area (Å²) < 4.78 is 10.8. The number of ether oxygens (including phenoxy) is 2. The number of amides is 2. The summed E-state index contributed by atoms with van der Waals surface area (Å²) in [6, 6.07) is 15.5. The molecule has 0 bridgehead atoms. The van der Waals surface area contributed by atoms with E-state index in [-0.39, 0.29) is 25.5 Å². The fraction of sp³-hybridized carbons (Fsp3) is 0.414. The number of fused-ring (bicyclic) bond motifs is 1. The number of carbonyl (C=O) groups is 5. The van der Waals surface area contributed by atoms with Gasteiger partial charge in [-0.05, 0) is 38.8 Å². The molecular formula is C29H32N2O7. The predicted molar refractivity (Wildman–Crippen MR) is 136 cm³/mol. The van der Waals surface area contributed by atoms with Crippen molar-refractivity contribution in [2.45, 2.75) is 52.3 Å². The number of nitrogens with zero attached hydrogens (tertiary/aromatic N) is 1. The zero-order valence-corrected chi connectivity index (χ0v) is 21.9. The third-order valence-electron chi connectivity index (χ3n) is 6.87. The fourth-order valence-electron chi connectivity index (χ4n) is 4.62. The molecule has 0 saturated carbocycles. The number of β-lactam (4-membered cyclic amide) rings is 1. The van der Waals surface area contributed by atoms with E-state index < -0.39 is 52.6 Å². The molecular weight excluding hydrogens is 488 g/mol. The van der Waals surface area contributed by atoms with Gasteiger partial charge in [-0.1, -0.05) is 60.7 Å². The highest BCUT2D eigenvalue weighted by Gasteiger charge is 2.63. The Kier molecular flexibility index (Phi) is 7.40. The smallest absolute Gasteiger partial charge is 0.323 e. The van der Waals surface area contributed by atoms with E-state index >= 15 is 0 Å². The number of benzene rings is 2. The first-order valence-corrected chi connectivity index (χ1v) is 12.5. The number of rotatable bonds is 8. The normalized spacial score (nSPS) is 23.2. The molecule has 0 aromatic heterocycles. The van der Waals surface area contributed by atoms with Gasteiger partial charge in [0.25, 0.3) is 0 Å². The summed E-state index contributed by atoms with van der Waals surface area (Å²) in [7, 11) is 0. The zero-order chi connectivity index (χ0) is 27.7. The zero-order valence-electron chi connectivity index (χ0n) is 21.9. The Bertz CT molecular complexity index is 1240. The average molecular weight is 521 g/mol. The van der Waals surface area contributed by atoms with Crippen LogP contribution in [0.4, 0.5) is 0 Å². The molecule has 2 aromatic carbocycles. The van der Waals surface area contributed by atoms with Crippen molar-refractivity contribution in [2.24, 2.45) is 10.8 Å². The maximum absolute atomic E-state index is 13.4. The number of esters is 2. The monoisotopic (exact) mass is 520 g/mol. The highest BCUT2D eigenvalue weighted by Crippen LogP contribution is 2.40. The van der Waals surface area contributed by atoms with E-state index in [1.807, 2.05) is 18.2 Å². The number of hydrogen-bond acceptors (Lipinski definition) is 7. The van der Waals surface area contributed by atoms with Crippen LogP contribution in [0.2, 0.25) is 0 Å². The minimum atomic E-state index is -1.32. The Morgan fingerprint density at radius 2 is 1.61 bits per heavy atom. The van der Waals surface area contributed by atoms with Crippen LogP contribution in [0.3, 0.4) is 0 Å². The number of carbonyl (C=O) groups excluding carboxylic acids is 5. The van der Waals surface area contributed by atoms with E-state index in [0.29, 0.717) is 5.56 Å². The van der Waals surface area contributed by atoms with E-state index in [4.69, 9.17) is 9.47 Å². The van der Waals surface area contributed by atoms with Crippen LogP contribution in [-0.4, -0.2) is 59.7 Å². The second kappa shape index (κ2) is 10.4. The summed E-state index contributed by atoms with van der Waals surface area (Å²) in [5.41, 5.74) is -0.649. The number of hydrogen-bond donors (Lipinski definition) is 1. The van der Waals surface area contributed by atoms with Crippen molar-refractivity contribution in [3.8, 4) is 0 Å². The minimum Gasteiger partial charge on any atom is -0.464 e. The predicted octanol–water partition coefficient (Wildman–Crippen LogP) is 2.39. The molecule has 2 saturated heterocycles. The van der Waals surface area contributed by atoms with E-state index in [2.05, 4.69) is 5.32 Å². The third kappa shape index (κ3) is 5.32.